The molecule has 0 saturated carbocycles. The predicted octanol–water partition coefficient (Wildman–Crippen LogP) is 4.70. The number of aromatic nitrogens is 1. The summed E-state index contributed by atoms with van der Waals surface area (Å²) in [5.41, 5.74) is 1.48. The Labute approximate surface area is 127 Å². The summed E-state index contributed by atoms with van der Waals surface area (Å²) in [5.74, 6) is 0.975. The number of hydrogen-bond donors (Lipinski definition) is 0. The Morgan fingerprint density at radius 1 is 1.45 bits per heavy atom. The van der Waals surface area contributed by atoms with E-state index in [1.807, 2.05) is 5.38 Å². The van der Waals surface area contributed by atoms with E-state index in [2.05, 4.69) is 18.8 Å². The Morgan fingerprint density at radius 3 is 2.75 bits per heavy atom. The Morgan fingerprint density at radius 2 is 2.20 bits per heavy atom. The fourth-order valence-electron chi connectivity index (χ4n) is 1.64. The maximum Gasteiger partial charge on any atom is 0.159 e. The van der Waals surface area contributed by atoms with Crippen LogP contribution in [0.2, 0.25) is 5.02 Å². The highest BCUT2D eigenvalue weighted by Crippen LogP contribution is 2.27. The van der Waals surface area contributed by atoms with E-state index in [1.165, 1.54) is 6.92 Å². The number of benzene rings is 1. The van der Waals surface area contributed by atoms with Gasteiger partial charge in [0, 0.05) is 16.9 Å². The van der Waals surface area contributed by atoms with Gasteiger partial charge in [0.25, 0.3) is 0 Å². The van der Waals surface area contributed by atoms with Crippen LogP contribution < -0.4 is 4.74 Å². The molecule has 0 N–H and O–H groups in total. The lowest BCUT2D eigenvalue weighted by atomic mass is 10.1. The van der Waals surface area contributed by atoms with Gasteiger partial charge in [-0.3, -0.25) is 4.79 Å². The van der Waals surface area contributed by atoms with E-state index in [-0.39, 0.29) is 5.78 Å². The summed E-state index contributed by atoms with van der Waals surface area (Å²) in [7, 11) is 0. The summed E-state index contributed by atoms with van der Waals surface area (Å²) in [4.78, 5) is 15.7. The molecule has 20 heavy (non-hydrogen) atoms. The largest absolute Gasteiger partial charge is 0.486 e. The minimum absolute atomic E-state index is 0.0143. The Bertz CT molecular complexity index is 622. The molecule has 2 aromatic rings. The Kier molecular flexibility index (Phi) is 4.78. The van der Waals surface area contributed by atoms with Gasteiger partial charge in [0.05, 0.1) is 15.7 Å². The van der Waals surface area contributed by atoms with Crippen LogP contribution in [-0.4, -0.2) is 10.8 Å². The molecule has 0 spiro atoms. The van der Waals surface area contributed by atoms with Crippen molar-refractivity contribution in [1.29, 1.82) is 0 Å². The number of halogens is 1. The monoisotopic (exact) mass is 309 g/mol. The number of rotatable bonds is 5. The number of nitrogens with zero attached hydrogens (tertiary/aromatic N) is 1. The fraction of sp³-hybridized carbons (Fsp3) is 0.333. The molecule has 0 atom stereocenters. The molecular formula is C15H16ClNO2S. The third kappa shape index (κ3) is 3.58. The molecule has 1 aromatic heterocycles. The van der Waals surface area contributed by atoms with Crippen LogP contribution >= 0.6 is 22.9 Å². The highest BCUT2D eigenvalue weighted by Gasteiger charge is 2.09. The molecule has 0 aliphatic heterocycles. The van der Waals surface area contributed by atoms with Crippen LogP contribution in [0.5, 0.6) is 5.75 Å². The van der Waals surface area contributed by atoms with E-state index in [4.69, 9.17) is 16.3 Å². The second-order valence-electron chi connectivity index (χ2n) is 4.82. The van der Waals surface area contributed by atoms with Gasteiger partial charge in [0.2, 0.25) is 0 Å². The van der Waals surface area contributed by atoms with Crippen LogP contribution in [0.25, 0.3) is 0 Å². The van der Waals surface area contributed by atoms with Crippen LogP contribution in [0.1, 0.15) is 47.7 Å². The first-order valence-electron chi connectivity index (χ1n) is 6.35. The van der Waals surface area contributed by atoms with E-state index < -0.39 is 0 Å². The molecule has 0 amide bonds. The van der Waals surface area contributed by atoms with Gasteiger partial charge in [-0.1, -0.05) is 25.4 Å². The third-order valence-corrected chi connectivity index (χ3v) is 4.27. The molecule has 0 aliphatic rings. The summed E-state index contributed by atoms with van der Waals surface area (Å²) >= 11 is 7.73. The zero-order chi connectivity index (χ0) is 14.7. The SMILES string of the molecule is CC(=O)c1ccc(OCc2csc(C(C)C)n2)c(Cl)c1. The molecule has 106 valence electrons. The quantitative estimate of drug-likeness (QED) is 0.751. The summed E-state index contributed by atoms with van der Waals surface area (Å²) in [6, 6.07) is 5.05. The van der Waals surface area contributed by atoms with E-state index in [0.717, 1.165) is 10.7 Å². The van der Waals surface area contributed by atoms with Crippen molar-refractivity contribution < 1.29 is 9.53 Å². The van der Waals surface area contributed by atoms with Crippen molar-refractivity contribution in [3.05, 3.63) is 44.9 Å². The lowest BCUT2D eigenvalue weighted by Crippen LogP contribution is -1.98. The smallest absolute Gasteiger partial charge is 0.159 e. The predicted molar refractivity (Wildman–Crippen MR) is 82.0 cm³/mol. The molecule has 0 aliphatic carbocycles. The van der Waals surface area contributed by atoms with Gasteiger partial charge in [-0.15, -0.1) is 11.3 Å². The molecule has 0 fully saturated rings. The Balaban J connectivity index is 2.05. The summed E-state index contributed by atoms with van der Waals surface area (Å²) in [6.45, 7) is 6.11. The van der Waals surface area contributed by atoms with Crippen molar-refractivity contribution in [3.8, 4) is 5.75 Å². The number of ether oxygens (including phenoxy) is 1. The van der Waals surface area contributed by atoms with E-state index in [1.54, 1.807) is 29.5 Å². The second-order valence-corrected chi connectivity index (χ2v) is 6.12. The molecule has 2 rings (SSSR count). The van der Waals surface area contributed by atoms with E-state index in [0.29, 0.717) is 28.9 Å². The maximum atomic E-state index is 11.2. The van der Waals surface area contributed by atoms with E-state index in [9.17, 15) is 4.79 Å². The summed E-state index contributed by atoms with van der Waals surface area (Å²) in [5, 5.41) is 3.53. The van der Waals surface area contributed by atoms with Crippen molar-refractivity contribution in [2.75, 3.05) is 0 Å². The molecule has 3 nitrogen and oxygen atoms in total. The zero-order valence-electron chi connectivity index (χ0n) is 11.6. The number of hydrogen-bond acceptors (Lipinski definition) is 4. The molecule has 1 aromatic carbocycles. The third-order valence-electron chi connectivity index (χ3n) is 2.78. The second kappa shape index (κ2) is 6.37. The van der Waals surface area contributed by atoms with E-state index >= 15 is 0 Å². The average molecular weight is 310 g/mol. The first-order valence-corrected chi connectivity index (χ1v) is 7.60. The molecule has 0 saturated heterocycles. The van der Waals surface area contributed by atoms with Crippen LogP contribution in [0.4, 0.5) is 0 Å². The molecule has 5 heteroatoms. The van der Waals surface area contributed by atoms with Gasteiger partial charge in [-0.2, -0.15) is 0 Å². The number of thiazole rings is 1. The minimum atomic E-state index is -0.0143. The van der Waals surface area contributed by atoms with Crippen LogP contribution in [0, 0.1) is 0 Å². The molecule has 0 bridgehead atoms. The fourth-order valence-corrected chi connectivity index (χ4v) is 2.70. The number of Topliss-reactive ketones (excluding diaryl/α,β-unsaturated/α-hetero) is 1. The lowest BCUT2D eigenvalue weighted by molar-refractivity contribution is 0.101. The van der Waals surface area contributed by atoms with Gasteiger partial charge in [0.15, 0.2) is 5.78 Å². The average Bonchev–Trinajstić information content (AvgIpc) is 2.86. The molecular weight excluding hydrogens is 294 g/mol. The van der Waals surface area contributed by atoms with Gasteiger partial charge < -0.3 is 4.74 Å². The molecule has 0 unspecified atom stereocenters. The summed E-state index contributed by atoms with van der Waals surface area (Å²) < 4.78 is 5.65. The highest BCUT2D eigenvalue weighted by atomic mass is 35.5. The molecule has 1 heterocycles. The Hall–Kier alpha value is -1.39. The summed E-state index contributed by atoms with van der Waals surface area (Å²) in [6.07, 6.45) is 0. The topological polar surface area (TPSA) is 39.2 Å². The lowest BCUT2D eigenvalue weighted by Gasteiger charge is -2.07. The zero-order valence-corrected chi connectivity index (χ0v) is 13.2. The molecule has 0 radical (unpaired) electrons. The first-order chi connectivity index (χ1) is 9.47. The first kappa shape index (κ1) is 15.0. The van der Waals surface area contributed by atoms with Gasteiger partial charge in [0.1, 0.15) is 12.4 Å². The van der Waals surface area contributed by atoms with Crippen molar-refractivity contribution in [1.82, 2.24) is 4.98 Å². The maximum absolute atomic E-state index is 11.2. The number of carbonyl (C=O) groups excluding carboxylic acids is 1. The van der Waals surface area contributed by atoms with Crippen molar-refractivity contribution in [2.24, 2.45) is 0 Å². The number of ketones is 1. The highest BCUT2D eigenvalue weighted by molar-refractivity contribution is 7.09. The van der Waals surface area contributed by atoms with Gasteiger partial charge in [-0.25, -0.2) is 4.98 Å². The van der Waals surface area contributed by atoms with Gasteiger partial charge >= 0.3 is 0 Å². The van der Waals surface area contributed by atoms with Crippen molar-refractivity contribution >= 4 is 28.7 Å². The van der Waals surface area contributed by atoms with Crippen molar-refractivity contribution in [3.63, 3.8) is 0 Å². The normalized spacial score (nSPS) is 10.8. The van der Waals surface area contributed by atoms with Crippen LogP contribution in [0.3, 0.4) is 0 Å². The standard InChI is InChI=1S/C15H16ClNO2S/c1-9(2)15-17-12(8-20-15)7-19-14-5-4-11(10(3)18)6-13(14)16/h4-6,8-9H,7H2,1-3H3. The minimum Gasteiger partial charge on any atom is -0.486 e. The van der Waals surface area contributed by atoms with Gasteiger partial charge in [-0.05, 0) is 25.1 Å². The van der Waals surface area contributed by atoms with Crippen LogP contribution in [-0.2, 0) is 6.61 Å². The van der Waals surface area contributed by atoms with Crippen LogP contribution in [0.15, 0.2) is 23.6 Å². The number of carbonyl (C=O) groups is 1. The van der Waals surface area contributed by atoms with Crippen molar-refractivity contribution in [2.45, 2.75) is 33.3 Å².